The Morgan fingerprint density at radius 2 is 1.76 bits per heavy atom. The number of alkyl carbamates (subject to hydrolysis) is 1. The van der Waals surface area contributed by atoms with Gasteiger partial charge in [-0.3, -0.25) is 0 Å². The maximum atomic E-state index is 12.5. The van der Waals surface area contributed by atoms with Crippen LogP contribution in [0.25, 0.3) is 0 Å². The van der Waals surface area contributed by atoms with E-state index >= 15 is 0 Å². The Morgan fingerprint density at radius 1 is 1.16 bits per heavy atom. The summed E-state index contributed by atoms with van der Waals surface area (Å²) >= 11 is 0. The molecule has 1 rings (SSSR count). The summed E-state index contributed by atoms with van der Waals surface area (Å²) in [6, 6.07) is -0.239. The highest BCUT2D eigenvalue weighted by Crippen LogP contribution is 2.15. The lowest BCUT2D eigenvalue weighted by Gasteiger charge is -2.31. The second-order valence-electron chi connectivity index (χ2n) is 8.79. The number of hydrogen-bond acceptors (Lipinski definition) is 5. The summed E-state index contributed by atoms with van der Waals surface area (Å²) in [5.41, 5.74) is -1.10. The van der Waals surface area contributed by atoms with E-state index in [9.17, 15) is 9.59 Å². The monoisotopic (exact) mass is 357 g/mol. The van der Waals surface area contributed by atoms with Gasteiger partial charge in [0.05, 0.1) is 0 Å². The molecule has 1 saturated heterocycles. The van der Waals surface area contributed by atoms with Crippen LogP contribution in [0.2, 0.25) is 0 Å². The molecule has 1 aliphatic heterocycles. The van der Waals surface area contributed by atoms with Crippen molar-refractivity contribution in [1.29, 1.82) is 0 Å². The molecule has 0 aromatic heterocycles. The number of hydrogen-bond donors (Lipinski definition) is 2. The highest BCUT2D eigenvalue weighted by molar-refractivity contribution is 5.69. The van der Waals surface area contributed by atoms with E-state index in [1.165, 1.54) is 0 Å². The molecule has 2 N–H and O–H groups in total. The van der Waals surface area contributed by atoms with Crippen LogP contribution in [-0.2, 0) is 9.47 Å². The van der Waals surface area contributed by atoms with Crippen molar-refractivity contribution in [3.63, 3.8) is 0 Å². The second kappa shape index (κ2) is 8.74. The summed E-state index contributed by atoms with van der Waals surface area (Å²) in [4.78, 5) is 26.1. The molecule has 0 spiro atoms. The normalized spacial score (nSPS) is 19.2. The number of nitrogens with zero attached hydrogens (tertiary/aromatic N) is 1. The number of ether oxygens (including phenoxy) is 2. The number of carbonyl (C=O) groups is 2. The lowest BCUT2D eigenvalue weighted by Crippen LogP contribution is -2.48. The fourth-order valence-corrected chi connectivity index (χ4v) is 2.62. The van der Waals surface area contributed by atoms with E-state index in [0.29, 0.717) is 19.0 Å². The van der Waals surface area contributed by atoms with Gasteiger partial charge in [0.2, 0.25) is 0 Å². The third-order valence-corrected chi connectivity index (χ3v) is 3.55. The third kappa shape index (κ3) is 9.53. The average Bonchev–Trinajstić information content (AvgIpc) is 2.85. The minimum absolute atomic E-state index is 0.239. The molecule has 7 heteroatoms. The Balaban J connectivity index is 2.64. The lowest BCUT2D eigenvalue weighted by molar-refractivity contribution is 0.0192. The average molecular weight is 357 g/mol. The molecular formula is C18H35N3O4. The molecule has 2 atom stereocenters. The molecular weight excluding hydrogens is 322 g/mol. The fraction of sp³-hybridized carbons (Fsp3) is 0.889. The van der Waals surface area contributed by atoms with Crippen molar-refractivity contribution in [2.45, 2.75) is 72.1 Å². The molecule has 7 nitrogen and oxygen atoms in total. The first-order valence-corrected chi connectivity index (χ1v) is 9.04. The second-order valence-corrected chi connectivity index (χ2v) is 8.79. The highest BCUT2D eigenvalue weighted by atomic mass is 16.6. The number of nitrogens with one attached hydrogen (secondary N) is 2. The Bertz CT molecular complexity index is 448. The summed E-state index contributed by atoms with van der Waals surface area (Å²) < 4.78 is 10.8. The van der Waals surface area contributed by atoms with Crippen molar-refractivity contribution in [1.82, 2.24) is 15.5 Å². The maximum absolute atomic E-state index is 12.5. The van der Waals surface area contributed by atoms with Crippen LogP contribution < -0.4 is 10.6 Å². The Kier molecular flexibility index (Phi) is 7.53. The van der Waals surface area contributed by atoms with Crippen LogP contribution in [0.3, 0.4) is 0 Å². The van der Waals surface area contributed by atoms with Crippen LogP contribution in [0.5, 0.6) is 0 Å². The van der Waals surface area contributed by atoms with Gasteiger partial charge in [0.25, 0.3) is 0 Å². The van der Waals surface area contributed by atoms with Crippen molar-refractivity contribution in [3.8, 4) is 0 Å². The lowest BCUT2D eigenvalue weighted by atomic mass is 10.1. The van der Waals surface area contributed by atoms with Gasteiger partial charge >= 0.3 is 12.2 Å². The SMILES string of the molecule is CC(CN(CC1CCNC1)C(=O)OC(C)(C)C)NC(=O)OC(C)(C)C. The predicted octanol–water partition coefficient (Wildman–Crippen LogP) is 2.75. The van der Waals surface area contributed by atoms with Gasteiger partial charge in [0.1, 0.15) is 11.2 Å². The number of amides is 2. The van der Waals surface area contributed by atoms with Gasteiger partial charge in [-0.2, -0.15) is 0 Å². The molecule has 1 heterocycles. The van der Waals surface area contributed by atoms with E-state index in [0.717, 1.165) is 19.5 Å². The van der Waals surface area contributed by atoms with Crippen molar-refractivity contribution < 1.29 is 19.1 Å². The molecule has 2 unspecified atom stereocenters. The zero-order valence-corrected chi connectivity index (χ0v) is 16.8. The predicted molar refractivity (Wildman–Crippen MR) is 97.6 cm³/mol. The Morgan fingerprint density at radius 3 is 2.24 bits per heavy atom. The third-order valence-electron chi connectivity index (χ3n) is 3.55. The van der Waals surface area contributed by atoms with Crippen molar-refractivity contribution in [2.24, 2.45) is 5.92 Å². The molecule has 2 amide bonds. The Labute approximate surface area is 151 Å². The molecule has 0 radical (unpaired) electrons. The van der Waals surface area contributed by atoms with Gasteiger partial charge in [0, 0.05) is 19.1 Å². The molecule has 1 aliphatic rings. The maximum Gasteiger partial charge on any atom is 0.410 e. The summed E-state index contributed by atoms with van der Waals surface area (Å²) in [6.07, 6.45) is 0.205. The van der Waals surface area contributed by atoms with E-state index in [1.807, 2.05) is 48.5 Å². The summed E-state index contributed by atoms with van der Waals surface area (Å²) in [5, 5.41) is 6.09. The summed E-state index contributed by atoms with van der Waals surface area (Å²) in [7, 11) is 0. The molecule has 146 valence electrons. The minimum Gasteiger partial charge on any atom is -0.444 e. The molecule has 1 fully saturated rings. The van der Waals surface area contributed by atoms with Crippen molar-refractivity contribution in [2.75, 3.05) is 26.2 Å². The van der Waals surface area contributed by atoms with Crippen LogP contribution >= 0.6 is 0 Å². The fourth-order valence-electron chi connectivity index (χ4n) is 2.62. The van der Waals surface area contributed by atoms with E-state index in [2.05, 4.69) is 10.6 Å². The van der Waals surface area contributed by atoms with Gasteiger partial charge in [-0.25, -0.2) is 9.59 Å². The molecule has 0 bridgehead atoms. The van der Waals surface area contributed by atoms with Crippen molar-refractivity contribution in [3.05, 3.63) is 0 Å². The van der Waals surface area contributed by atoms with Gasteiger partial charge in [-0.15, -0.1) is 0 Å². The number of rotatable bonds is 5. The first-order valence-electron chi connectivity index (χ1n) is 9.04. The standard InChI is InChI=1S/C18H35N3O4/c1-13(20-15(22)24-17(2,3)4)11-21(12-14-8-9-19-10-14)16(23)25-18(5,6)7/h13-14,19H,8-12H2,1-7H3,(H,20,22). The Hall–Kier alpha value is -1.50. The van der Waals surface area contributed by atoms with Gasteiger partial charge in [0.15, 0.2) is 0 Å². The van der Waals surface area contributed by atoms with E-state index < -0.39 is 17.3 Å². The molecule has 0 saturated carbocycles. The van der Waals surface area contributed by atoms with Gasteiger partial charge in [-0.05, 0) is 73.9 Å². The van der Waals surface area contributed by atoms with Gasteiger partial charge < -0.3 is 25.0 Å². The topological polar surface area (TPSA) is 79.9 Å². The van der Waals surface area contributed by atoms with Crippen LogP contribution in [0, 0.1) is 5.92 Å². The van der Waals surface area contributed by atoms with Crippen LogP contribution in [0.4, 0.5) is 9.59 Å². The first kappa shape index (κ1) is 21.5. The number of carbonyl (C=O) groups excluding carboxylic acids is 2. The summed E-state index contributed by atoms with van der Waals surface area (Å²) in [6.45, 7) is 15.7. The smallest absolute Gasteiger partial charge is 0.410 e. The highest BCUT2D eigenvalue weighted by Gasteiger charge is 2.28. The largest absolute Gasteiger partial charge is 0.444 e. The van der Waals surface area contributed by atoms with Crippen LogP contribution in [-0.4, -0.2) is 60.5 Å². The molecule has 0 aromatic rings. The van der Waals surface area contributed by atoms with Crippen LogP contribution in [0.15, 0.2) is 0 Å². The van der Waals surface area contributed by atoms with E-state index in [1.54, 1.807) is 4.90 Å². The molecule has 0 aliphatic carbocycles. The molecule has 25 heavy (non-hydrogen) atoms. The van der Waals surface area contributed by atoms with E-state index in [-0.39, 0.29) is 12.1 Å². The van der Waals surface area contributed by atoms with Crippen LogP contribution in [0.1, 0.15) is 54.9 Å². The van der Waals surface area contributed by atoms with Crippen molar-refractivity contribution >= 4 is 12.2 Å². The zero-order valence-electron chi connectivity index (χ0n) is 16.8. The zero-order chi connectivity index (χ0) is 19.3. The quantitative estimate of drug-likeness (QED) is 0.791. The minimum atomic E-state index is -0.551. The molecule has 0 aromatic carbocycles. The first-order chi connectivity index (χ1) is 11.4. The van der Waals surface area contributed by atoms with Gasteiger partial charge in [-0.1, -0.05) is 0 Å². The summed E-state index contributed by atoms with van der Waals surface area (Å²) in [5.74, 6) is 0.404. The van der Waals surface area contributed by atoms with E-state index in [4.69, 9.17) is 9.47 Å².